The molecule has 0 N–H and O–H groups in total. The van der Waals surface area contributed by atoms with Crippen LogP contribution < -0.4 is 0 Å². The predicted molar refractivity (Wildman–Crippen MR) is 41.8 cm³/mol. The molecule has 0 saturated heterocycles. The van der Waals surface area contributed by atoms with Gasteiger partial charge in [-0.25, -0.2) is 4.39 Å². The van der Waals surface area contributed by atoms with E-state index >= 15 is 0 Å². The molecule has 0 spiro atoms. The van der Waals surface area contributed by atoms with Crippen molar-refractivity contribution in [1.29, 1.82) is 0 Å². The van der Waals surface area contributed by atoms with Crippen molar-refractivity contribution in [3.63, 3.8) is 0 Å². The number of hydrogen-bond acceptors (Lipinski definition) is 1. The van der Waals surface area contributed by atoms with Crippen molar-refractivity contribution in [2.75, 3.05) is 0 Å². The molecule has 0 fully saturated rings. The smallest absolute Gasteiger partial charge is 0.116 e. The number of halogens is 2. The van der Waals surface area contributed by atoms with Gasteiger partial charge in [0, 0.05) is 16.0 Å². The lowest BCUT2D eigenvalue weighted by Gasteiger charge is -1.94. The summed E-state index contributed by atoms with van der Waals surface area (Å²) in [7, 11) is 0. The van der Waals surface area contributed by atoms with Gasteiger partial charge in [-0.1, -0.05) is 0 Å². The first kappa shape index (κ1) is 6.92. The van der Waals surface area contributed by atoms with Gasteiger partial charge in [0.1, 0.15) is 6.67 Å². The molecule has 0 aliphatic carbocycles. The first-order chi connectivity index (χ1) is 4.34. The summed E-state index contributed by atoms with van der Waals surface area (Å²) in [6.07, 6.45) is 3.24. The van der Waals surface area contributed by atoms with Crippen molar-refractivity contribution in [2.24, 2.45) is 0 Å². The Morgan fingerprint density at radius 2 is 2.44 bits per heavy atom. The minimum absolute atomic E-state index is 0.402. The van der Waals surface area contributed by atoms with Crippen LogP contribution in [-0.4, -0.2) is 4.98 Å². The molecule has 9 heavy (non-hydrogen) atoms. The minimum Gasteiger partial charge on any atom is -0.264 e. The lowest BCUT2D eigenvalue weighted by atomic mass is 10.3. The molecule has 0 aromatic carbocycles. The fraction of sp³-hybridized carbons (Fsp3) is 0.167. The maximum absolute atomic E-state index is 12.0. The van der Waals surface area contributed by atoms with Gasteiger partial charge in [0.15, 0.2) is 0 Å². The van der Waals surface area contributed by atoms with Gasteiger partial charge in [0.25, 0.3) is 0 Å². The third-order valence-electron chi connectivity index (χ3n) is 1.00. The van der Waals surface area contributed by atoms with Crippen LogP contribution in [0.15, 0.2) is 18.5 Å². The quantitative estimate of drug-likeness (QED) is 0.682. The Labute approximate surface area is 66.4 Å². The summed E-state index contributed by atoms with van der Waals surface area (Å²) in [5, 5.41) is 0. The van der Waals surface area contributed by atoms with Gasteiger partial charge in [-0.2, -0.15) is 0 Å². The molecule has 1 aromatic rings. The van der Waals surface area contributed by atoms with Crippen molar-refractivity contribution < 1.29 is 4.39 Å². The summed E-state index contributed by atoms with van der Waals surface area (Å²) in [6, 6.07) is 1.68. The van der Waals surface area contributed by atoms with Crippen molar-refractivity contribution in [3.8, 4) is 0 Å². The van der Waals surface area contributed by atoms with Gasteiger partial charge in [-0.15, -0.1) is 0 Å². The van der Waals surface area contributed by atoms with E-state index in [9.17, 15) is 4.39 Å². The van der Waals surface area contributed by atoms with Crippen LogP contribution in [0, 0.1) is 3.57 Å². The molecule has 0 bridgehead atoms. The topological polar surface area (TPSA) is 12.9 Å². The van der Waals surface area contributed by atoms with E-state index in [0.29, 0.717) is 5.56 Å². The van der Waals surface area contributed by atoms with Crippen LogP contribution in [-0.2, 0) is 6.67 Å². The monoisotopic (exact) mass is 237 g/mol. The molecule has 0 aliphatic rings. The Kier molecular flexibility index (Phi) is 2.38. The zero-order valence-corrected chi connectivity index (χ0v) is 6.80. The number of alkyl halides is 1. The molecule has 48 valence electrons. The second kappa shape index (κ2) is 3.10. The first-order valence-corrected chi connectivity index (χ1v) is 3.57. The number of rotatable bonds is 1. The SMILES string of the molecule is FCc1ccncc1I. The van der Waals surface area contributed by atoms with Crippen molar-refractivity contribution in [1.82, 2.24) is 4.98 Å². The molecule has 1 nitrogen and oxygen atoms in total. The van der Waals surface area contributed by atoms with E-state index in [1.807, 2.05) is 0 Å². The number of hydrogen-bond donors (Lipinski definition) is 0. The molecule has 1 aromatic heterocycles. The highest BCUT2D eigenvalue weighted by atomic mass is 127. The van der Waals surface area contributed by atoms with Crippen LogP contribution in [0.1, 0.15) is 5.56 Å². The van der Waals surface area contributed by atoms with Crippen LogP contribution in [0.2, 0.25) is 0 Å². The van der Waals surface area contributed by atoms with E-state index in [0.717, 1.165) is 3.57 Å². The number of pyridine rings is 1. The standard InChI is InChI=1S/C6H5FIN/c7-3-5-1-2-9-4-6(5)8/h1-2,4H,3H2. The van der Waals surface area contributed by atoms with Gasteiger partial charge >= 0.3 is 0 Å². The normalized spacial score (nSPS) is 9.56. The van der Waals surface area contributed by atoms with E-state index in [-0.39, 0.29) is 0 Å². The molecule has 0 aliphatic heterocycles. The molecule has 0 unspecified atom stereocenters. The lowest BCUT2D eigenvalue weighted by Crippen LogP contribution is -1.84. The Morgan fingerprint density at radius 3 is 2.89 bits per heavy atom. The molecule has 1 heterocycles. The zero-order valence-electron chi connectivity index (χ0n) is 4.64. The van der Waals surface area contributed by atoms with Gasteiger partial charge in [0.2, 0.25) is 0 Å². The van der Waals surface area contributed by atoms with E-state index in [4.69, 9.17) is 0 Å². The predicted octanol–water partition coefficient (Wildman–Crippen LogP) is 2.16. The number of aromatic nitrogens is 1. The average Bonchev–Trinajstić information content (AvgIpc) is 1.89. The van der Waals surface area contributed by atoms with Crippen LogP contribution in [0.4, 0.5) is 4.39 Å². The van der Waals surface area contributed by atoms with Crippen molar-refractivity contribution in [2.45, 2.75) is 6.67 Å². The molecule has 1 rings (SSSR count). The molecular weight excluding hydrogens is 232 g/mol. The van der Waals surface area contributed by atoms with Crippen LogP contribution in [0.3, 0.4) is 0 Å². The third kappa shape index (κ3) is 1.61. The Balaban J connectivity index is 3.01. The first-order valence-electron chi connectivity index (χ1n) is 2.49. The second-order valence-electron chi connectivity index (χ2n) is 1.60. The van der Waals surface area contributed by atoms with Gasteiger partial charge < -0.3 is 0 Å². The van der Waals surface area contributed by atoms with Crippen LogP contribution in [0.25, 0.3) is 0 Å². The lowest BCUT2D eigenvalue weighted by molar-refractivity contribution is 0.483. The Morgan fingerprint density at radius 1 is 1.67 bits per heavy atom. The molecule has 0 saturated carbocycles. The summed E-state index contributed by atoms with van der Waals surface area (Å²) in [6.45, 7) is -0.402. The third-order valence-corrected chi connectivity index (χ3v) is 1.97. The molecular formula is C6H5FIN. The van der Waals surface area contributed by atoms with E-state index in [2.05, 4.69) is 27.6 Å². The van der Waals surface area contributed by atoms with Crippen molar-refractivity contribution in [3.05, 3.63) is 27.6 Å². The molecule has 0 atom stereocenters. The minimum atomic E-state index is -0.402. The summed E-state index contributed by atoms with van der Waals surface area (Å²) in [5.74, 6) is 0. The van der Waals surface area contributed by atoms with E-state index in [1.54, 1.807) is 18.5 Å². The zero-order chi connectivity index (χ0) is 6.69. The second-order valence-corrected chi connectivity index (χ2v) is 2.76. The van der Waals surface area contributed by atoms with E-state index in [1.165, 1.54) is 0 Å². The molecule has 0 radical (unpaired) electrons. The highest BCUT2D eigenvalue weighted by Crippen LogP contribution is 2.09. The van der Waals surface area contributed by atoms with Gasteiger partial charge in [-0.3, -0.25) is 4.98 Å². The fourth-order valence-corrected chi connectivity index (χ4v) is 0.997. The Hall–Kier alpha value is -0.190. The molecule has 3 heteroatoms. The maximum atomic E-state index is 12.0. The average molecular weight is 237 g/mol. The summed E-state index contributed by atoms with van der Waals surface area (Å²) in [4.78, 5) is 3.82. The number of nitrogens with zero attached hydrogens (tertiary/aromatic N) is 1. The van der Waals surface area contributed by atoms with Crippen molar-refractivity contribution >= 4 is 22.6 Å². The van der Waals surface area contributed by atoms with Crippen LogP contribution in [0.5, 0.6) is 0 Å². The van der Waals surface area contributed by atoms with Gasteiger partial charge in [-0.05, 0) is 34.2 Å². The summed E-state index contributed by atoms with van der Waals surface area (Å²) in [5.41, 5.74) is 0.714. The summed E-state index contributed by atoms with van der Waals surface area (Å²) >= 11 is 2.06. The summed E-state index contributed by atoms with van der Waals surface area (Å²) < 4.78 is 12.8. The fourth-order valence-electron chi connectivity index (χ4n) is 0.512. The van der Waals surface area contributed by atoms with Gasteiger partial charge in [0.05, 0.1) is 0 Å². The Bertz CT molecular complexity index is 202. The maximum Gasteiger partial charge on any atom is 0.116 e. The molecule has 0 amide bonds. The highest BCUT2D eigenvalue weighted by molar-refractivity contribution is 14.1. The van der Waals surface area contributed by atoms with E-state index < -0.39 is 6.67 Å². The highest BCUT2D eigenvalue weighted by Gasteiger charge is 1.94. The largest absolute Gasteiger partial charge is 0.264 e. The van der Waals surface area contributed by atoms with Crippen LogP contribution >= 0.6 is 22.6 Å².